The van der Waals surface area contributed by atoms with Gasteiger partial charge in [-0.05, 0) is 19.1 Å². The van der Waals surface area contributed by atoms with Gasteiger partial charge in [0.2, 0.25) is 5.91 Å². The average Bonchev–Trinajstić information content (AvgIpc) is 2.97. The number of hydrogen-bond donors (Lipinski definition) is 1. The monoisotopic (exact) mass is 343 g/mol. The number of aldehydes is 1. The van der Waals surface area contributed by atoms with Crippen molar-refractivity contribution in [3.8, 4) is 0 Å². The predicted octanol–water partition coefficient (Wildman–Crippen LogP) is 1.76. The van der Waals surface area contributed by atoms with E-state index in [1.54, 1.807) is 26.2 Å². The highest BCUT2D eigenvalue weighted by molar-refractivity contribution is 5.96. The molecule has 0 unspecified atom stereocenters. The van der Waals surface area contributed by atoms with Crippen molar-refractivity contribution in [1.29, 1.82) is 0 Å². The van der Waals surface area contributed by atoms with Crippen molar-refractivity contribution in [3.05, 3.63) is 41.9 Å². The molecule has 0 bridgehead atoms. The molecule has 0 saturated carbocycles. The maximum Gasteiger partial charge on any atom is 0.324 e. The quantitative estimate of drug-likeness (QED) is 0.838. The smallest absolute Gasteiger partial charge is 0.324 e. The second-order valence-electron chi connectivity index (χ2n) is 5.85. The van der Waals surface area contributed by atoms with E-state index in [-0.39, 0.29) is 30.0 Å². The third-order valence-electron chi connectivity index (χ3n) is 3.61. The van der Waals surface area contributed by atoms with Gasteiger partial charge in [-0.3, -0.25) is 14.5 Å². The molecule has 25 heavy (non-hydrogen) atoms. The van der Waals surface area contributed by atoms with Crippen LogP contribution in [0.1, 0.15) is 16.1 Å². The molecule has 1 N–H and O–H groups in total. The second kappa shape index (κ2) is 7.61. The molecule has 0 aliphatic rings. The molecule has 0 fully saturated rings. The first-order chi connectivity index (χ1) is 11.8. The fourth-order valence-electron chi connectivity index (χ4n) is 2.27. The molecule has 3 amide bonds. The molecular weight excluding hydrogens is 322 g/mol. The van der Waals surface area contributed by atoms with Crippen molar-refractivity contribution in [2.24, 2.45) is 0 Å². The van der Waals surface area contributed by atoms with Crippen LogP contribution < -0.4 is 10.2 Å². The van der Waals surface area contributed by atoms with Crippen LogP contribution >= 0.6 is 0 Å². The van der Waals surface area contributed by atoms with Crippen molar-refractivity contribution in [2.75, 3.05) is 31.4 Å². The zero-order valence-electron chi connectivity index (χ0n) is 14.7. The highest BCUT2D eigenvalue weighted by atomic mass is 16.2. The Labute approximate surface area is 146 Å². The predicted molar refractivity (Wildman–Crippen MR) is 94.9 cm³/mol. The summed E-state index contributed by atoms with van der Waals surface area (Å²) >= 11 is 0. The molecule has 132 valence electrons. The van der Waals surface area contributed by atoms with Crippen LogP contribution in [0.3, 0.4) is 0 Å². The molecule has 2 rings (SSSR count). The van der Waals surface area contributed by atoms with Gasteiger partial charge in [-0.1, -0.05) is 17.7 Å². The minimum atomic E-state index is -0.322. The van der Waals surface area contributed by atoms with E-state index in [9.17, 15) is 14.4 Å². The first-order valence-electron chi connectivity index (χ1n) is 7.65. The Morgan fingerprint density at radius 2 is 1.84 bits per heavy atom. The van der Waals surface area contributed by atoms with Crippen molar-refractivity contribution >= 4 is 29.7 Å². The maximum atomic E-state index is 12.2. The Bertz CT molecular complexity index is 780. The molecule has 0 spiro atoms. The first kappa shape index (κ1) is 18.2. The number of amides is 3. The Hall–Kier alpha value is -3.16. The summed E-state index contributed by atoms with van der Waals surface area (Å²) in [4.78, 5) is 42.4. The maximum absolute atomic E-state index is 12.2. The van der Waals surface area contributed by atoms with Crippen LogP contribution in [-0.2, 0) is 11.3 Å². The number of imidazole rings is 1. The number of aromatic nitrogens is 2. The Balaban J connectivity index is 2.14. The highest BCUT2D eigenvalue weighted by Gasteiger charge is 2.21. The summed E-state index contributed by atoms with van der Waals surface area (Å²) in [5.74, 6) is -0.0886. The number of urea groups is 1. The van der Waals surface area contributed by atoms with Gasteiger partial charge in [0.05, 0.1) is 6.33 Å². The number of benzene rings is 1. The van der Waals surface area contributed by atoms with E-state index in [0.717, 1.165) is 5.56 Å². The third kappa shape index (κ3) is 4.23. The molecule has 0 aliphatic heterocycles. The standard InChI is InChI=1S/C17H21N5O3/c1-12-5-7-13(8-6-12)19-15(24)9-22-11-18-16(14(22)10-23)21(4)17(25)20(2)3/h5-8,10-11H,9H2,1-4H3,(H,19,24). The minimum Gasteiger partial charge on any atom is -0.330 e. The van der Waals surface area contributed by atoms with Gasteiger partial charge < -0.3 is 14.8 Å². The van der Waals surface area contributed by atoms with Crippen LogP contribution in [-0.4, -0.2) is 53.8 Å². The van der Waals surface area contributed by atoms with E-state index in [4.69, 9.17) is 0 Å². The Morgan fingerprint density at radius 3 is 2.40 bits per heavy atom. The molecule has 0 radical (unpaired) electrons. The van der Waals surface area contributed by atoms with E-state index in [2.05, 4.69) is 10.3 Å². The van der Waals surface area contributed by atoms with Crippen LogP contribution in [0.2, 0.25) is 0 Å². The number of carbonyl (C=O) groups excluding carboxylic acids is 3. The summed E-state index contributed by atoms with van der Waals surface area (Å²) in [5.41, 5.74) is 1.93. The molecular formula is C17H21N5O3. The summed E-state index contributed by atoms with van der Waals surface area (Å²) in [5, 5.41) is 2.76. The number of nitrogens with zero attached hydrogens (tertiary/aromatic N) is 4. The Morgan fingerprint density at radius 1 is 1.20 bits per heavy atom. The topological polar surface area (TPSA) is 87.5 Å². The largest absolute Gasteiger partial charge is 0.330 e. The zero-order chi connectivity index (χ0) is 18.6. The summed E-state index contributed by atoms with van der Waals surface area (Å²) in [6.07, 6.45) is 1.95. The van der Waals surface area contributed by atoms with Gasteiger partial charge in [-0.15, -0.1) is 0 Å². The fraction of sp³-hybridized carbons (Fsp3) is 0.294. The molecule has 8 heteroatoms. The lowest BCUT2D eigenvalue weighted by Crippen LogP contribution is -2.37. The first-order valence-corrected chi connectivity index (χ1v) is 7.65. The van der Waals surface area contributed by atoms with Crippen LogP contribution in [0, 0.1) is 6.92 Å². The average molecular weight is 343 g/mol. The summed E-state index contributed by atoms with van der Waals surface area (Å²) in [6.45, 7) is 1.87. The highest BCUT2D eigenvalue weighted by Crippen LogP contribution is 2.17. The van der Waals surface area contributed by atoms with Crippen LogP contribution in [0.5, 0.6) is 0 Å². The van der Waals surface area contributed by atoms with E-state index in [1.807, 2.05) is 19.1 Å². The SMILES string of the molecule is Cc1ccc(NC(=O)Cn2cnc(N(C)C(=O)N(C)C)c2C=O)cc1. The third-order valence-corrected chi connectivity index (χ3v) is 3.61. The number of nitrogens with one attached hydrogen (secondary N) is 1. The van der Waals surface area contributed by atoms with Crippen molar-refractivity contribution < 1.29 is 14.4 Å². The lowest BCUT2D eigenvalue weighted by molar-refractivity contribution is -0.116. The number of carbonyl (C=O) groups is 3. The van der Waals surface area contributed by atoms with Gasteiger partial charge in [-0.2, -0.15) is 0 Å². The number of hydrogen-bond acceptors (Lipinski definition) is 4. The van der Waals surface area contributed by atoms with Crippen molar-refractivity contribution in [1.82, 2.24) is 14.5 Å². The van der Waals surface area contributed by atoms with Gasteiger partial charge >= 0.3 is 6.03 Å². The van der Waals surface area contributed by atoms with E-state index in [0.29, 0.717) is 12.0 Å². The van der Waals surface area contributed by atoms with E-state index >= 15 is 0 Å². The van der Waals surface area contributed by atoms with Gasteiger partial charge in [0.1, 0.15) is 12.2 Å². The molecule has 0 atom stereocenters. The molecule has 1 heterocycles. The molecule has 2 aromatic rings. The van der Waals surface area contributed by atoms with Crippen LogP contribution in [0.4, 0.5) is 16.3 Å². The molecule has 1 aromatic carbocycles. The van der Waals surface area contributed by atoms with Crippen molar-refractivity contribution in [2.45, 2.75) is 13.5 Å². The summed E-state index contributed by atoms with van der Waals surface area (Å²) in [6, 6.07) is 7.07. The molecule has 1 aromatic heterocycles. The summed E-state index contributed by atoms with van der Waals surface area (Å²) < 4.78 is 1.41. The van der Waals surface area contributed by atoms with Crippen molar-refractivity contribution in [3.63, 3.8) is 0 Å². The van der Waals surface area contributed by atoms with Gasteiger partial charge in [0.25, 0.3) is 0 Å². The number of rotatable bonds is 5. The van der Waals surface area contributed by atoms with Gasteiger partial charge in [-0.25, -0.2) is 9.78 Å². The number of aryl methyl sites for hydroxylation is 1. The zero-order valence-corrected chi connectivity index (χ0v) is 14.7. The fourth-order valence-corrected chi connectivity index (χ4v) is 2.27. The van der Waals surface area contributed by atoms with Crippen LogP contribution in [0.15, 0.2) is 30.6 Å². The van der Waals surface area contributed by atoms with E-state index < -0.39 is 0 Å². The van der Waals surface area contributed by atoms with E-state index in [1.165, 1.54) is 27.7 Å². The van der Waals surface area contributed by atoms with Crippen LogP contribution in [0.25, 0.3) is 0 Å². The Kier molecular flexibility index (Phi) is 5.53. The molecule has 0 aliphatic carbocycles. The molecule has 0 saturated heterocycles. The van der Waals surface area contributed by atoms with Gasteiger partial charge in [0, 0.05) is 26.8 Å². The van der Waals surface area contributed by atoms with Gasteiger partial charge in [0.15, 0.2) is 12.1 Å². The second-order valence-corrected chi connectivity index (χ2v) is 5.85. The minimum absolute atomic E-state index is 0.0844. The lowest BCUT2D eigenvalue weighted by Gasteiger charge is -2.20. The summed E-state index contributed by atoms with van der Waals surface area (Å²) in [7, 11) is 4.73. The number of anilines is 2. The molecule has 8 nitrogen and oxygen atoms in total. The normalized spacial score (nSPS) is 10.2. The lowest BCUT2D eigenvalue weighted by atomic mass is 10.2.